The summed E-state index contributed by atoms with van der Waals surface area (Å²) in [5, 5.41) is 0. The lowest BCUT2D eigenvalue weighted by Crippen LogP contribution is -2.28. The Morgan fingerprint density at radius 2 is 2.00 bits per heavy atom. The summed E-state index contributed by atoms with van der Waals surface area (Å²) in [7, 11) is -1.45. The molecule has 0 aromatic carbocycles. The Morgan fingerprint density at radius 1 is 1.50 bits per heavy atom. The average Bonchev–Trinajstić information content (AvgIpc) is 1.86. The summed E-state index contributed by atoms with van der Waals surface area (Å²) in [4.78, 5) is 0. The van der Waals surface area contributed by atoms with Gasteiger partial charge >= 0.3 is 0 Å². The van der Waals surface area contributed by atoms with Crippen molar-refractivity contribution >= 4 is 10.0 Å². The second kappa shape index (κ2) is 3.93. The minimum absolute atomic E-state index is 0.221. The second-order valence-corrected chi connectivity index (χ2v) is 4.33. The van der Waals surface area contributed by atoms with Gasteiger partial charge in [0.15, 0.2) is 0 Å². The van der Waals surface area contributed by atoms with Crippen LogP contribution in [0.15, 0.2) is 0 Å². The summed E-state index contributed by atoms with van der Waals surface area (Å²) >= 11 is 0. The monoisotopic (exact) mass is 164 g/mol. The van der Waals surface area contributed by atoms with Crippen LogP contribution >= 0.6 is 0 Å². The van der Waals surface area contributed by atoms with Gasteiger partial charge in [0.25, 0.3) is 0 Å². The Balaban J connectivity index is 4.12. The lowest BCUT2D eigenvalue weighted by atomic mass is 10.6. The van der Waals surface area contributed by atoms with E-state index in [9.17, 15) is 8.42 Å². The van der Waals surface area contributed by atoms with Gasteiger partial charge in [0.1, 0.15) is 0 Å². The number of hydrogen-bond donors (Lipinski definition) is 0. The van der Waals surface area contributed by atoms with Gasteiger partial charge < -0.3 is 0 Å². The first-order valence-electron chi connectivity index (χ1n) is 3.28. The fourth-order valence-electron chi connectivity index (χ4n) is 0.553. The van der Waals surface area contributed by atoms with Crippen molar-refractivity contribution in [2.24, 2.45) is 0 Å². The first-order valence-corrected chi connectivity index (χ1v) is 4.88. The van der Waals surface area contributed by atoms with E-state index < -0.39 is 10.0 Å². The molecule has 0 fully saturated rings. The first kappa shape index (κ1) is 9.91. The van der Waals surface area contributed by atoms with Crippen molar-refractivity contribution in [1.29, 1.82) is 0 Å². The topological polar surface area (TPSA) is 37.4 Å². The molecule has 0 aromatic heterocycles. The van der Waals surface area contributed by atoms with E-state index in [0.29, 0.717) is 13.0 Å². The van der Waals surface area contributed by atoms with Gasteiger partial charge in [-0.15, -0.1) is 0 Å². The van der Waals surface area contributed by atoms with Gasteiger partial charge in [0.05, 0.1) is 5.75 Å². The fourth-order valence-corrected chi connectivity index (χ4v) is 1.66. The zero-order valence-electron chi connectivity index (χ0n) is 6.50. The Morgan fingerprint density at radius 3 is 2.30 bits per heavy atom. The standard InChI is InChI=1S/C6H14NO2S/c1-4-6-10(8,9)7(3)5-2/h2,4-6H2,1,3H3. The van der Waals surface area contributed by atoms with Crippen LogP contribution in [0, 0.1) is 6.92 Å². The molecule has 3 nitrogen and oxygen atoms in total. The van der Waals surface area contributed by atoms with E-state index in [1.807, 2.05) is 6.92 Å². The maximum absolute atomic E-state index is 11.0. The Hall–Kier alpha value is -0.0900. The van der Waals surface area contributed by atoms with Crippen LogP contribution < -0.4 is 0 Å². The molecule has 0 aliphatic rings. The van der Waals surface area contributed by atoms with Gasteiger partial charge in [0, 0.05) is 13.6 Å². The van der Waals surface area contributed by atoms with Gasteiger partial charge in [0.2, 0.25) is 10.0 Å². The largest absolute Gasteiger partial charge is 0.213 e. The van der Waals surface area contributed by atoms with Crippen LogP contribution in [0.5, 0.6) is 0 Å². The molecular weight excluding hydrogens is 150 g/mol. The van der Waals surface area contributed by atoms with Crippen LogP contribution in [0.1, 0.15) is 13.3 Å². The number of nitrogens with zero attached hydrogens (tertiary/aromatic N) is 1. The van der Waals surface area contributed by atoms with Crippen molar-refractivity contribution in [1.82, 2.24) is 4.31 Å². The molecule has 0 aliphatic heterocycles. The summed E-state index contributed by atoms with van der Waals surface area (Å²) < 4.78 is 23.4. The minimum atomic E-state index is -2.99. The predicted octanol–water partition coefficient (Wildman–Crippen LogP) is 0.492. The lowest BCUT2D eigenvalue weighted by Gasteiger charge is -2.12. The van der Waals surface area contributed by atoms with Crippen molar-refractivity contribution in [3.8, 4) is 0 Å². The van der Waals surface area contributed by atoms with E-state index in [1.54, 1.807) is 0 Å². The molecule has 0 unspecified atom stereocenters. The molecule has 0 heterocycles. The van der Waals surface area contributed by atoms with Crippen molar-refractivity contribution in [3.05, 3.63) is 6.92 Å². The van der Waals surface area contributed by atoms with Crippen LogP contribution in [0.3, 0.4) is 0 Å². The third-order valence-electron chi connectivity index (χ3n) is 1.25. The van der Waals surface area contributed by atoms with Gasteiger partial charge in [-0.05, 0) is 13.3 Å². The van der Waals surface area contributed by atoms with Crippen LogP contribution in [0.2, 0.25) is 0 Å². The molecule has 0 rings (SSSR count). The molecular formula is C6H14NO2S. The predicted molar refractivity (Wildman–Crippen MR) is 42.1 cm³/mol. The fraction of sp³-hybridized carbons (Fsp3) is 0.833. The maximum Gasteiger partial charge on any atom is 0.213 e. The SMILES string of the molecule is [CH2]CN(C)S(=O)(=O)CCC. The number of rotatable bonds is 4. The Bertz CT molecular complexity index is 174. The summed E-state index contributed by atoms with van der Waals surface area (Å²) in [6.07, 6.45) is 0.659. The zero-order chi connectivity index (χ0) is 8.20. The first-order chi connectivity index (χ1) is 4.54. The van der Waals surface area contributed by atoms with E-state index in [4.69, 9.17) is 0 Å². The third-order valence-corrected chi connectivity index (χ3v) is 3.31. The highest BCUT2D eigenvalue weighted by Gasteiger charge is 2.13. The van der Waals surface area contributed by atoms with E-state index in [2.05, 4.69) is 6.92 Å². The summed E-state index contributed by atoms with van der Waals surface area (Å²) in [6.45, 7) is 5.63. The van der Waals surface area contributed by atoms with E-state index in [-0.39, 0.29) is 5.75 Å². The summed E-state index contributed by atoms with van der Waals surface area (Å²) in [5.41, 5.74) is 0. The van der Waals surface area contributed by atoms with Crippen LogP contribution in [-0.2, 0) is 10.0 Å². The molecule has 4 heteroatoms. The third kappa shape index (κ3) is 2.66. The molecule has 0 spiro atoms. The quantitative estimate of drug-likeness (QED) is 0.606. The van der Waals surface area contributed by atoms with Gasteiger partial charge in [-0.25, -0.2) is 12.7 Å². The van der Waals surface area contributed by atoms with Crippen LogP contribution in [0.25, 0.3) is 0 Å². The number of sulfonamides is 1. The molecule has 0 N–H and O–H groups in total. The molecule has 0 aliphatic carbocycles. The summed E-state index contributed by atoms with van der Waals surface area (Å²) in [5.74, 6) is 0.221. The maximum atomic E-state index is 11.0. The minimum Gasteiger partial charge on any atom is -0.212 e. The highest BCUT2D eigenvalue weighted by atomic mass is 32.2. The average molecular weight is 164 g/mol. The van der Waals surface area contributed by atoms with E-state index in [1.165, 1.54) is 11.4 Å². The second-order valence-electron chi connectivity index (χ2n) is 2.14. The molecule has 10 heavy (non-hydrogen) atoms. The van der Waals surface area contributed by atoms with Crippen LogP contribution in [-0.4, -0.2) is 32.1 Å². The summed E-state index contributed by atoms with van der Waals surface area (Å²) in [6, 6.07) is 0. The van der Waals surface area contributed by atoms with Gasteiger partial charge in [-0.1, -0.05) is 6.92 Å². The molecule has 1 radical (unpaired) electrons. The smallest absolute Gasteiger partial charge is 0.212 e. The molecule has 0 atom stereocenters. The van der Waals surface area contributed by atoms with Gasteiger partial charge in [-0.2, -0.15) is 0 Å². The van der Waals surface area contributed by atoms with Crippen molar-refractivity contribution in [3.63, 3.8) is 0 Å². The molecule has 0 amide bonds. The lowest BCUT2D eigenvalue weighted by molar-refractivity contribution is 0.497. The highest BCUT2D eigenvalue weighted by molar-refractivity contribution is 7.89. The normalized spacial score (nSPS) is 12.4. The number of hydrogen-bond acceptors (Lipinski definition) is 2. The molecule has 0 saturated carbocycles. The molecule has 0 bridgehead atoms. The van der Waals surface area contributed by atoms with Crippen molar-refractivity contribution in [2.75, 3.05) is 19.3 Å². The van der Waals surface area contributed by atoms with Crippen LogP contribution in [0.4, 0.5) is 0 Å². The van der Waals surface area contributed by atoms with Crippen molar-refractivity contribution in [2.45, 2.75) is 13.3 Å². The Labute approximate surface area is 63.1 Å². The van der Waals surface area contributed by atoms with E-state index in [0.717, 1.165) is 0 Å². The zero-order valence-corrected chi connectivity index (χ0v) is 7.32. The molecule has 0 aromatic rings. The van der Waals surface area contributed by atoms with E-state index >= 15 is 0 Å². The molecule has 61 valence electrons. The molecule has 0 saturated heterocycles. The Kier molecular flexibility index (Phi) is 3.89. The van der Waals surface area contributed by atoms with Gasteiger partial charge in [-0.3, -0.25) is 0 Å². The highest BCUT2D eigenvalue weighted by Crippen LogP contribution is 1.97. The van der Waals surface area contributed by atoms with Crippen molar-refractivity contribution < 1.29 is 8.42 Å².